The molecule has 3 aliphatic rings. The summed E-state index contributed by atoms with van der Waals surface area (Å²) in [6, 6.07) is 5.59. The van der Waals surface area contributed by atoms with Crippen LogP contribution in [0.5, 0.6) is 0 Å². The van der Waals surface area contributed by atoms with Gasteiger partial charge in [0.05, 0.1) is 22.9 Å². The Balaban J connectivity index is 0.000000198. The predicted octanol–water partition coefficient (Wildman–Crippen LogP) is 6.02. The molecule has 9 nitrogen and oxygen atoms in total. The predicted molar refractivity (Wildman–Crippen MR) is 137 cm³/mol. The third-order valence-electron chi connectivity index (χ3n) is 6.80. The maximum atomic E-state index is 13.6. The maximum Gasteiger partial charge on any atom is 0.436 e. The van der Waals surface area contributed by atoms with Crippen molar-refractivity contribution in [3.63, 3.8) is 0 Å². The van der Waals surface area contributed by atoms with Crippen LogP contribution in [0.4, 0.5) is 28.9 Å². The van der Waals surface area contributed by atoms with E-state index in [4.69, 9.17) is 11.6 Å². The molecule has 2 fully saturated rings. The van der Waals surface area contributed by atoms with Crippen LogP contribution in [0.2, 0.25) is 5.02 Å². The molecule has 2 saturated carbocycles. The molecule has 3 aromatic rings. The number of tetrazole rings is 1. The van der Waals surface area contributed by atoms with E-state index in [1.54, 1.807) is 6.08 Å². The number of benzene rings is 1. The lowest BCUT2D eigenvalue weighted by molar-refractivity contribution is -0.141. The summed E-state index contributed by atoms with van der Waals surface area (Å²) in [5.41, 5.74) is 1.60. The Morgan fingerprint density at radius 2 is 1.97 bits per heavy atom. The van der Waals surface area contributed by atoms with E-state index in [9.17, 15) is 22.4 Å². The van der Waals surface area contributed by atoms with Crippen LogP contribution < -0.4 is 10.2 Å². The minimum atomic E-state index is -4.46. The van der Waals surface area contributed by atoms with Crippen molar-refractivity contribution < 1.29 is 22.4 Å². The van der Waals surface area contributed by atoms with Crippen LogP contribution in [0.15, 0.2) is 30.1 Å². The van der Waals surface area contributed by atoms with Crippen molar-refractivity contribution in [2.45, 2.75) is 57.0 Å². The molecule has 0 bridgehead atoms. The number of aromatic nitrogens is 6. The molecule has 0 radical (unpaired) electrons. The standard InChI is InChI=1S/C18H21FN6O.C7H6ClF3N2/c19-13-2-1-9-25(11-13)14-6-7-16(15(10-14)18-21-23-24-22-18)20-17(26)8-5-12-3-4-12;8-4-5(3-1-2-3)12-13-6(4)7(9,10)11/h2,6-7,10,12H,1,3-5,8-9,11H2,(H,20,26)(H,21,22,23,24);3H,1-2H2,(H,12,13). The van der Waals surface area contributed by atoms with Crippen molar-refractivity contribution in [3.8, 4) is 11.4 Å². The number of carbonyl (C=O) groups is 1. The van der Waals surface area contributed by atoms with Gasteiger partial charge in [-0.1, -0.05) is 24.4 Å². The minimum absolute atomic E-state index is 0.0126. The Hall–Kier alpha value is -3.48. The first-order chi connectivity index (χ1) is 18.7. The van der Waals surface area contributed by atoms with Crippen molar-refractivity contribution in [1.29, 1.82) is 0 Å². The number of amides is 1. The molecule has 14 heteroatoms. The number of nitrogens with one attached hydrogen (secondary N) is 3. The second-order valence-corrected chi connectivity index (χ2v) is 10.3. The molecular weight excluding hydrogens is 540 g/mol. The molecule has 3 heterocycles. The van der Waals surface area contributed by atoms with Crippen molar-refractivity contribution >= 4 is 28.9 Å². The highest BCUT2D eigenvalue weighted by Gasteiger charge is 2.40. The summed E-state index contributed by atoms with van der Waals surface area (Å²) in [5.74, 6) is 1.12. The second kappa shape index (κ2) is 11.3. The molecule has 6 rings (SSSR count). The number of hydrogen-bond acceptors (Lipinski definition) is 6. The number of nitrogens with zero attached hydrogens (tertiary/aromatic N) is 5. The molecule has 39 heavy (non-hydrogen) atoms. The second-order valence-electron chi connectivity index (χ2n) is 9.93. The zero-order valence-corrected chi connectivity index (χ0v) is 21.6. The molecule has 2 aliphatic carbocycles. The fourth-order valence-electron chi connectivity index (χ4n) is 4.35. The van der Waals surface area contributed by atoms with Gasteiger partial charge in [-0.05, 0) is 61.1 Å². The highest BCUT2D eigenvalue weighted by Crippen LogP contribution is 2.45. The molecule has 0 saturated heterocycles. The fraction of sp³-hybridized carbons (Fsp3) is 0.480. The van der Waals surface area contributed by atoms with E-state index in [2.05, 4.69) is 36.1 Å². The Kier molecular flexibility index (Phi) is 7.87. The Labute approximate surface area is 226 Å². The van der Waals surface area contributed by atoms with E-state index in [0.717, 1.165) is 31.5 Å². The van der Waals surface area contributed by atoms with Crippen LogP contribution in [0.1, 0.15) is 62.3 Å². The molecular formula is C25H27ClF4N8O. The van der Waals surface area contributed by atoms with E-state index in [0.29, 0.717) is 41.5 Å². The Morgan fingerprint density at radius 1 is 1.18 bits per heavy atom. The molecule has 1 amide bonds. The summed E-state index contributed by atoms with van der Waals surface area (Å²) in [5, 5.41) is 22.3. The zero-order valence-electron chi connectivity index (χ0n) is 20.9. The van der Waals surface area contributed by atoms with Gasteiger partial charge in [-0.25, -0.2) is 4.39 Å². The minimum Gasteiger partial charge on any atom is -0.365 e. The average molecular weight is 567 g/mol. The lowest BCUT2D eigenvalue weighted by atomic mass is 10.1. The maximum absolute atomic E-state index is 13.6. The van der Waals surface area contributed by atoms with Gasteiger partial charge < -0.3 is 10.2 Å². The number of halogens is 5. The third kappa shape index (κ3) is 6.94. The molecule has 0 unspecified atom stereocenters. The quantitative estimate of drug-likeness (QED) is 0.301. The van der Waals surface area contributed by atoms with Crippen LogP contribution in [0.25, 0.3) is 11.4 Å². The number of anilines is 2. The Morgan fingerprint density at radius 3 is 2.59 bits per heavy atom. The normalized spacial score (nSPS) is 17.4. The first kappa shape index (κ1) is 27.1. The van der Waals surface area contributed by atoms with Crippen molar-refractivity contribution in [2.24, 2.45) is 5.92 Å². The van der Waals surface area contributed by atoms with E-state index in [-0.39, 0.29) is 29.2 Å². The molecule has 1 aliphatic heterocycles. The van der Waals surface area contributed by atoms with Gasteiger partial charge in [-0.3, -0.25) is 9.89 Å². The van der Waals surface area contributed by atoms with Crippen molar-refractivity contribution in [1.82, 2.24) is 30.8 Å². The summed E-state index contributed by atoms with van der Waals surface area (Å²) in [4.78, 5) is 14.2. The van der Waals surface area contributed by atoms with Gasteiger partial charge in [0.15, 0.2) is 5.69 Å². The fourth-order valence-corrected chi connectivity index (χ4v) is 4.69. The van der Waals surface area contributed by atoms with E-state index >= 15 is 0 Å². The van der Waals surface area contributed by atoms with Crippen LogP contribution in [-0.4, -0.2) is 49.8 Å². The van der Waals surface area contributed by atoms with Crippen molar-refractivity contribution in [2.75, 3.05) is 23.3 Å². The summed E-state index contributed by atoms with van der Waals surface area (Å²) in [6.07, 6.45) is 3.52. The SMILES string of the molecule is FC(F)(F)c1n[nH]c(C2CC2)c1Cl.O=C(CCC1CC1)Nc1ccc(N2CCC=C(F)C2)cc1-c1nn[nH]n1. The van der Waals surface area contributed by atoms with Gasteiger partial charge >= 0.3 is 6.18 Å². The van der Waals surface area contributed by atoms with Gasteiger partial charge in [0.2, 0.25) is 11.7 Å². The largest absolute Gasteiger partial charge is 0.436 e. The topological polar surface area (TPSA) is 115 Å². The van der Waals surface area contributed by atoms with E-state index in [1.807, 2.05) is 23.1 Å². The number of carbonyl (C=O) groups excluding carboxylic acids is 1. The summed E-state index contributed by atoms with van der Waals surface area (Å²) in [7, 11) is 0. The number of alkyl halides is 3. The molecule has 3 N–H and O–H groups in total. The molecule has 208 valence electrons. The summed E-state index contributed by atoms with van der Waals surface area (Å²) in [6.45, 7) is 0.991. The van der Waals surface area contributed by atoms with Gasteiger partial charge in [-0.15, -0.1) is 10.2 Å². The first-order valence-electron chi connectivity index (χ1n) is 12.8. The number of aromatic amines is 2. The molecule has 1 aromatic carbocycles. The average Bonchev–Trinajstić information content (AvgIpc) is 3.82. The third-order valence-corrected chi connectivity index (χ3v) is 7.18. The molecule has 0 atom stereocenters. The number of H-pyrrole nitrogens is 2. The van der Waals surface area contributed by atoms with Gasteiger partial charge in [0, 0.05) is 30.1 Å². The highest BCUT2D eigenvalue weighted by molar-refractivity contribution is 6.32. The van der Waals surface area contributed by atoms with Gasteiger partial charge in [-0.2, -0.15) is 23.5 Å². The first-order valence-corrected chi connectivity index (χ1v) is 13.1. The van der Waals surface area contributed by atoms with Crippen LogP contribution >= 0.6 is 11.6 Å². The monoisotopic (exact) mass is 566 g/mol. The van der Waals surface area contributed by atoms with Crippen LogP contribution in [0.3, 0.4) is 0 Å². The zero-order chi connectivity index (χ0) is 27.6. The van der Waals surface area contributed by atoms with E-state index in [1.165, 1.54) is 12.8 Å². The Bertz CT molecular complexity index is 1330. The highest BCUT2D eigenvalue weighted by atomic mass is 35.5. The van der Waals surface area contributed by atoms with Gasteiger partial charge in [0.25, 0.3) is 0 Å². The van der Waals surface area contributed by atoms with Crippen LogP contribution in [-0.2, 0) is 11.0 Å². The molecule has 0 spiro atoms. The summed E-state index contributed by atoms with van der Waals surface area (Å²) >= 11 is 5.53. The van der Waals surface area contributed by atoms with E-state index < -0.39 is 11.9 Å². The number of rotatable bonds is 7. The van der Waals surface area contributed by atoms with Crippen LogP contribution in [0, 0.1) is 5.92 Å². The lowest BCUT2D eigenvalue weighted by Crippen LogP contribution is -2.28. The summed E-state index contributed by atoms with van der Waals surface area (Å²) < 4.78 is 50.2. The smallest absolute Gasteiger partial charge is 0.365 e. The lowest BCUT2D eigenvalue weighted by Gasteiger charge is -2.27. The molecule has 2 aromatic heterocycles. The van der Waals surface area contributed by atoms with Crippen molar-refractivity contribution in [3.05, 3.63) is 46.5 Å². The number of hydrogen-bond donors (Lipinski definition) is 3. The van der Waals surface area contributed by atoms with Gasteiger partial charge in [0.1, 0.15) is 5.83 Å².